The van der Waals surface area contributed by atoms with Crippen molar-refractivity contribution in [2.45, 2.75) is 0 Å². The molecule has 0 unspecified atom stereocenters. The smallest absolute Gasteiger partial charge is 0.206 e. The Morgan fingerprint density at radius 3 is 2.77 bits per heavy atom. The van der Waals surface area contributed by atoms with E-state index in [9.17, 15) is 5.11 Å². The fraction of sp³-hybridized carbons (Fsp3) is 0.0526. The van der Waals surface area contributed by atoms with Gasteiger partial charge in [0, 0.05) is 16.0 Å². The van der Waals surface area contributed by atoms with Crippen LogP contribution in [0.25, 0.3) is 11.3 Å². The molecule has 0 aliphatic rings. The van der Waals surface area contributed by atoms with E-state index >= 15 is 0 Å². The molecule has 0 atom stereocenters. The Balaban J connectivity index is 2.11. The predicted molar refractivity (Wildman–Crippen MR) is 109 cm³/mol. The summed E-state index contributed by atoms with van der Waals surface area (Å²) in [5.74, 6) is 0.182. The molecular weight excluding hydrogens is 389 g/mol. The first-order valence-corrected chi connectivity index (χ1v) is 9.33. The lowest BCUT2D eigenvalue weighted by atomic mass is 10.2. The molecule has 1 aromatic heterocycles. The van der Waals surface area contributed by atoms with Crippen LogP contribution in [0.1, 0.15) is 5.56 Å². The van der Waals surface area contributed by atoms with E-state index in [2.05, 4.69) is 16.7 Å². The highest BCUT2D eigenvalue weighted by molar-refractivity contribution is 7.07. The standard InChI is InChI=1S/C19H15Cl2N3OS/c1-2-8-22-19-24(23-11-13-4-3-5-15(25)9-13)18(12-26-19)16-7-6-14(20)10-17(16)21/h2-7,9-12,25H,1,8H2. The molecule has 0 spiro atoms. The maximum absolute atomic E-state index is 9.61. The van der Waals surface area contributed by atoms with Gasteiger partial charge in [-0.15, -0.1) is 17.9 Å². The number of thiazole rings is 1. The minimum Gasteiger partial charge on any atom is -0.508 e. The molecule has 4 nitrogen and oxygen atoms in total. The van der Waals surface area contributed by atoms with Crippen LogP contribution in [0.3, 0.4) is 0 Å². The van der Waals surface area contributed by atoms with E-state index in [4.69, 9.17) is 23.2 Å². The van der Waals surface area contributed by atoms with Gasteiger partial charge in [-0.2, -0.15) is 5.10 Å². The van der Waals surface area contributed by atoms with Crippen molar-refractivity contribution >= 4 is 40.8 Å². The first kappa shape index (κ1) is 18.5. The average Bonchev–Trinajstić information content (AvgIpc) is 3.01. The van der Waals surface area contributed by atoms with Gasteiger partial charge in [-0.3, -0.25) is 4.99 Å². The number of phenolic OH excluding ortho intramolecular Hbond substituents is 1. The third-order valence-corrected chi connectivity index (χ3v) is 4.84. The van der Waals surface area contributed by atoms with Crippen molar-refractivity contribution in [2.24, 2.45) is 10.1 Å². The van der Waals surface area contributed by atoms with Gasteiger partial charge in [-0.25, -0.2) is 4.68 Å². The Hall–Kier alpha value is -2.34. The van der Waals surface area contributed by atoms with E-state index in [0.29, 0.717) is 21.4 Å². The number of aromatic nitrogens is 1. The lowest BCUT2D eigenvalue weighted by molar-refractivity contribution is 0.475. The van der Waals surface area contributed by atoms with Crippen molar-refractivity contribution in [3.63, 3.8) is 0 Å². The lowest BCUT2D eigenvalue weighted by Crippen LogP contribution is -2.12. The molecule has 132 valence electrons. The van der Waals surface area contributed by atoms with Crippen LogP contribution in [-0.4, -0.2) is 22.5 Å². The van der Waals surface area contributed by atoms with Crippen molar-refractivity contribution in [3.05, 3.63) is 80.9 Å². The molecule has 0 aliphatic heterocycles. The van der Waals surface area contributed by atoms with Crippen LogP contribution in [0.5, 0.6) is 5.75 Å². The highest BCUT2D eigenvalue weighted by atomic mass is 35.5. The van der Waals surface area contributed by atoms with E-state index < -0.39 is 0 Å². The van der Waals surface area contributed by atoms with Crippen molar-refractivity contribution in [1.29, 1.82) is 0 Å². The van der Waals surface area contributed by atoms with E-state index in [1.807, 2.05) is 17.5 Å². The van der Waals surface area contributed by atoms with Gasteiger partial charge in [0.25, 0.3) is 0 Å². The molecule has 0 aliphatic carbocycles. The molecule has 7 heteroatoms. The molecule has 0 bridgehead atoms. The fourth-order valence-electron chi connectivity index (χ4n) is 2.27. The van der Waals surface area contributed by atoms with Gasteiger partial charge in [0.15, 0.2) is 0 Å². The minimum absolute atomic E-state index is 0.182. The maximum atomic E-state index is 9.61. The van der Waals surface area contributed by atoms with Crippen LogP contribution in [0.2, 0.25) is 10.0 Å². The van der Waals surface area contributed by atoms with Crippen LogP contribution in [0, 0.1) is 0 Å². The van der Waals surface area contributed by atoms with E-state index in [-0.39, 0.29) is 5.75 Å². The highest BCUT2D eigenvalue weighted by Gasteiger charge is 2.11. The number of halogens is 2. The number of hydrogen-bond donors (Lipinski definition) is 1. The number of phenols is 1. The largest absolute Gasteiger partial charge is 0.508 e. The van der Waals surface area contributed by atoms with Gasteiger partial charge in [0.2, 0.25) is 4.80 Å². The molecule has 3 rings (SSSR count). The second kappa shape index (κ2) is 8.36. The Morgan fingerprint density at radius 2 is 2.04 bits per heavy atom. The van der Waals surface area contributed by atoms with Crippen LogP contribution in [0.4, 0.5) is 0 Å². The average molecular weight is 404 g/mol. The normalized spacial score (nSPS) is 12.0. The van der Waals surface area contributed by atoms with Crippen LogP contribution in [0.15, 0.2) is 70.6 Å². The zero-order valence-corrected chi connectivity index (χ0v) is 16.0. The third-order valence-electron chi connectivity index (χ3n) is 3.44. The molecule has 1 N–H and O–H groups in total. The predicted octanol–water partition coefficient (Wildman–Crippen LogP) is 5.20. The van der Waals surface area contributed by atoms with Crippen LogP contribution < -0.4 is 4.80 Å². The summed E-state index contributed by atoms with van der Waals surface area (Å²) in [7, 11) is 0. The van der Waals surface area contributed by atoms with Gasteiger partial charge in [-0.05, 0) is 35.9 Å². The number of hydrogen-bond acceptors (Lipinski definition) is 4. The topological polar surface area (TPSA) is 49.9 Å². The summed E-state index contributed by atoms with van der Waals surface area (Å²) >= 11 is 13.8. The Labute approximate surface area is 165 Å². The summed E-state index contributed by atoms with van der Waals surface area (Å²) in [5.41, 5.74) is 2.38. The van der Waals surface area contributed by atoms with Crippen molar-refractivity contribution < 1.29 is 5.11 Å². The SMILES string of the molecule is C=CCN=c1scc(-c2ccc(Cl)cc2Cl)n1N=Cc1cccc(O)c1. The molecule has 0 amide bonds. The molecule has 0 radical (unpaired) electrons. The Morgan fingerprint density at radius 1 is 1.19 bits per heavy atom. The first-order valence-electron chi connectivity index (χ1n) is 7.69. The first-order chi connectivity index (χ1) is 12.6. The van der Waals surface area contributed by atoms with Crippen molar-refractivity contribution in [2.75, 3.05) is 6.54 Å². The quantitative estimate of drug-likeness (QED) is 0.461. The highest BCUT2D eigenvalue weighted by Crippen LogP contribution is 2.30. The molecule has 0 fully saturated rings. The minimum atomic E-state index is 0.182. The fourth-order valence-corrected chi connectivity index (χ4v) is 3.62. The van der Waals surface area contributed by atoms with Gasteiger partial charge < -0.3 is 5.11 Å². The summed E-state index contributed by atoms with van der Waals surface area (Å²) in [5, 5.41) is 17.2. The zero-order valence-electron chi connectivity index (χ0n) is 13.6. The summed E-state index contributed by atoms with van der Waals surface area (Å²) in [6.07, 6.45) is 3.38. The van der Waals surface area contributed by atoms with Crippen LogP contribution >= 0.6 is 34.5 Å². The number of nitrogens with zero attached hydrogens (tertiary/aromatic N) is 3. The second-order valence-electron chi connectivity index (χ2n) is 5.31. The monoisotopic (exact) mass is 403 g/mol. The van der Waals surface area contributed by atoms with E-state index in [0.717, 1.165) is 16.8 Å². The number of aromatic hydroxyl groups is 1. The van der Waals surface area contributed by atoms with Gasteiger partial charge in [0.05, 0.1) is 23.5 Å². The molecular formula is C19H15Cl2N3OS. The maximum Gasteiger partial charge on any atom is 0.206 e. The lowest BCUT2D eigenvalue weighted by Gasteiger charge is -2.06. The zero-order chi connectivity index (χ0) is 18.5. The Kier molecular flexibility index (Phi) is 5.93. The summed E-state index contributed by atoms with van der Waals surface area (Å²) < 4.78 is 1.72. The van der Waals surface area contributed by atoms with Crippen LogP contribution in [-0.2, 0) is 0 Å². The molecule has 0 saturated carbocycles. The Bertz CT molecular complexity index is 1040. The molecule has 1 heterocycles. The molecule has 0 saturated heterocycles. The third kappa shape index (κ3) is 4.25. The number of benzene rings is 2. The summed E-state index contributed by atoms with van der Waals surface area (Å²) in [4.78, 5) is 5.19. The summed E-state index contributed by atoms with van der Waals surface area (Å²) in [6.45, 7) is 4.18. The van der Waals surface area contributed by atoms with E-state index in [1.165, 1.54) is 11.3 Å². The number of rotatable bonds is 5. The van der Waals surface area contributed by atoms with Crippen molar-refractivity contribution in [1.82, 2.24) is 4.68 Å². The molecule has 26 heavy (non-hydrogen) atoms. The summed E-state index contributed by atoms with van der Waals surface area (Å²) in [6, 6.07) is 12.2. The van der Waals surface area contributed by atoms with Crippen molar-refractivity contribution in [3.8, 4) is 17.0 Å². The van der Waals surface area contributed by atoms with E-state index in [1.54, 1.807) is 47.3 Å². The van der Waals surface area contributed by atoms with Gasteiger partial charge in [0.1, 0.15) is 5.75 Å². The second-order valence-corrected chi connectivity index (χ2v) is 6.99. The molecule has 2 aromatic carbocycles. The molecule has 3 aromatic rings. The van der Waals surface area contributed by atoms with Gasteiger partial charge in [-0.1, -0.05) is 41.4 Å². The van der Waals surface area contributed by atoms with Gasteiger partial charge >= 0.3 is 0 Å².